The zero-order valence-corrected chi connectivity index (χ0v) is 9.08. The summed E-state index contributed by atoms with van der Waals surface area (Å²) in [7, 11) is 0. The van der Waals surface area contributed by atoms with Crippen LogP contribution in [-0.2, 0) is 14.3 Å². The number of ether oxygens (including phenoxy) is 1. The van der Waals surface area contributed by atoms with Crippen molar-refractivity contribution in [2.75, 3.05) is 0 Å². The van der Waals surface area contributed by atoms with Gasteiger partial charge < -0.3 is 9.84 Å². The lowest BCUT2D eigenvalue weighted by Gasteiger charge is -2.08. The average molecular weight is 212 g/mol. The maximum atomic E-state index is 10.9. The van der Waals surface area contributed by atoms with Gasteiger partial charge in [-0.3, -0.25) is 0 Å². The molecule has 84 valence electrons. The summed E-state index contributed by atoms with van der Waals surface area (Å²) in [6.45, 7) is 6.65. The maximum Gasteiger partial charge on any atom is 0.335 e. The summed E-state index contributed by atoms with van der Waals surface area (Å²) in [6, 6.07) is 0. The second-order valence-electron chi connectivity index (χ2n) is 3.08. The Morgan fingerprint density at radius 1 is 1.47 bits per heavy atom. The normalized spacial score (nSPS) is 11.6. The molecule has 0 aromatic rings. The predicted molar refractivity (Wildman–Crippen MR) is 56.1 cm³/mol. The van der Waals surface area contributed by atoms with Crippen LogP contribution in [0.4, 0.5) is 0 Å². The summed E-state index contributed by atoms with van der Waals surface area (Å²) >= 11 is 0. The first-order valence-electron chi connectivity index (χ1n) is 4.80. The van der Waals surface area contributed by atoms with Gasteiger partial charge in [-0.15, -0.1) is 0 Å². The van der Waals surface area contributed by atoms with Crippen molar-refractivity contribution in [2.24, 2.45) is 0 Å². The van der Waals surface area contributed by atoms with E-state index in [1.807, 2.05) is 6.92 Å². The van der Waals surface area contributed by atoms with Crippen molar-refractivity contribution in [3.8, 4) is 0 Å². The predicted octanol–water partition coefficient (Wildman–Crippen LogP) is 2.26. The highest BCUT2D eigenvalue weighted by Crippen LogP contribution is 2.14. The molecule has 0 amide bonds. The molecule has 0 bridgehead atoms. The van der Waals surface area contributed by atoms with E-state index in [-0.39, 0.29) is 11.3 Å². The first-order valence-corrected chi connectivity index (χ1v) is 4.80. The third kappa shape index (κ3) is 5.00. The molecule has 0 heterocycles. The molecular weight excluding hydrogens is 196 g/mol. The molecule has 0 saturated heterocycles. The van der Waals surface area contributed by atoms with Gasteiger partial charge in [0.25, 0.3) is 0 Å². The van der Waals surface area contributed by atoms with Crippen LogP contribution in [0.3, 0.4) is 0 Å². The van der Waals surface area contributed by atoms with Crippen molar-refractivity contribution < 1.29 is 19.4 Å². The van der Waals surface area contributed by atoms with Gasteiger partial charge in [-0.25, -0.2) is 9.59 Å². The van der Waals surface area contributed by atoms with Gasteiger partial charge >= 0.3 is 11.9 Å². The average Bonchev–Trinajstić information content (AvgIpc) is 2.22. The Morgan fingerprint density at radius 3 is 2.47 bits per heavy atom. The van der Waals surface area contributed by atoms with Crippen LogP contribution in [0.25, 0.3) is 0 Å². The second kappa shape index (κ2) is 6.81. The van der Waals surface area contributed by atoms with Crippen molar-refractivity contribution in [1.82, 2.24) is 0 Å². The minimum Gasteiger partial charge on any atom is -0.478 e. The van der Waals surface area contributed by atoms with Gasteiger partial charge in [-0.1, -0.05) is 19.9 Å². The lowest BCUT2D eigenvalue weighted by Crippen LogP contribution is -2.08. The molecule has 15 heavy (non-hydrogen) atoms. The van der Waals surface area contributed by atoms with E-state index in [1.165, 1.54) is 6.92 Å². The van der Waals surface area contributed by atoms with Crippen LogP contribution in [-0.4, -0.2) is 17.0 Å². The van der Waals surface area contributed by atoms with E-state index in [4.69, 9.17) is 9.84 Å². The van der Waals surface area contributed by atoms with Gasteiger partial charge in [0.15, 0.2) is 0 Å². The van der Waals surface area contributed by atoms with Crippen LogP contribution in [0.5, 0.6) is 0 Å². The van der Waals surface area contributed by atoms with Gasteiger partial charge in [0, 0.05) is 12.5 Å². The highest BCUT2D eigenvalue weighted by atomic mass is 16.5. The van der Waals surface area contributed by atoms with E-state index in [1.54, 1.807) is 0 Å². The molecule has 1 N–H and O–H groups in total. The summed E-state index contributed by atoms with van der Waals surface area (Å²) in [5.41, 5.74) is 0.0682. The van der Waals surface area contributed by atoms with Gasteiger partial charge in [0.2, 0.25) is 0 Å². The summed E-state index contributed by atoms with van der Waals surface area (Å²) in [5.74, 6) is -1.48. The lowest BCUT2D eigenvalue weighted by atomic mass is 10.1. The molecule has 0 atom stereocenters. The zero-order chi connectivity index (χ0) is 11.8. The maximum absolute atomic E-state index is 10.9. The quantitative estimate of drug-likeness (QED) is 0.416. The molecule has 0 aliphatic heterocycles. The van der Waals surface area contributed by atoms with Crippen molar-refractivity contribution in [1.29, 1.82) is 0 Å². The summed E-state index contributed by atoms with van der Waals surface area (Å²) in [4.78, 5) is 21.6. The summed E-state index contributed by atoms with van der Waals surface area (Å²) in [6.07, 6.45) is 3.15. The summed E-state index contributed by atoms with van der Waals surface area (Å²) < 4.78 is 4.87. The van der Waals surface area contributed by atoms with E-state index >= 15 is 0 Å². The third-order valence-electron chi connectivity index (χ3n) is 1.89. The van der Waals surface area contributed by atoms with E-state index in [9.17, 15) is 9.59 Å². The highest BCUT2D eigenvalue weighted by Gasteiger charge is 2.12. The van der Waals surface area contributed by atoms with E-state index in [2.05, 4.69) is 6.58 Å². The number of carboxylic acids is 1. The van der Waals surface area contributed by atoms with Crippen molar-refractivity contribution >= 4 is 11.9 Å². The number of rotatable bonds is 6. The molecule has 0 fully saturated rings. The number of unbranched alkanes of at least 4 members (excludes halogenated alkanes) is 1. The largest absolute Gasteiger partial charge is 0.478 e. The topological polar surface area (TPSA) is 63.6 Å². The molecule has 4 heteroatoms. The Hall–Kier alpha value is -1.58. The minimum absolute atomic E-state index is 0.0682. The number of carbonyl (C=O) groups is 2. The highest BCUT2D eigenvalue weighted by molar-refractivity contribution is 5.88. The van der Waals surface area contributed by atoms with Crippen LogP contribution in [0.15, 0.2) is 24.0 Å². The van der Waals surface area contributed by atoms with Crippen LogP contribution in [0.1, 0.15) is 33.1 Å². The van der Waals surface area contributed by atoms with Crippen LogP contribution < -0.4 is 0 Å². The standard InChI is InChI=1S/C11H16O4/c1-4-6-7-9(8(3)11(13)14)15-10(12)5-2/h5H,2,4,6-7H2,1,3H3,(H,13,14). The van der Waals surface area contributed by atoms with E-state index < -0.39 is 11.9 Å². The number of hydrogen-bond acceptors (Lipinski definition) is 3. The van der Waals surface area contributed by atoms with Crippen LogP contribution in [0, 0.1) is 0 Å². The Balaban J connectivity index is 4.71. The molecule has 0 radical (unpaired) electrons. The number of allylic oxidation sites excluding steroid dienone is 1. The van der Waals surface area contributed by atoms with Gasteiger partial charge in [-0.05, 0) is 13.3 Å². The SMILES string of the molecule is C=CC(=O)OC(CCCC)=C(C)C(=O)O. The zero-order valence-electron chi connectivity index (χ0n) is 9.08. The molecular formula is C11H16O4. The molecule has 4 nitrogen and oxygen atoms in total. The number of carboxylic acid groups (broad SMARTS) is 1. The van der Waals surface area contributed by atoms with Crippen molar-refractivity contribution in [2.45, 2.75) is 33.1 Å². The number of carbonyl (C=O) groups excluding carboxylic acids is 1. The Kier molecular flexibility index (Phi) is 6.09. The molecule has 0 aromatic carbocycles. The number of esters is 1. The van der Waals surface area contributed by atoms with Gasteiger partial charge in [-0.2, -0.15) is 0 Å². The number of aliphatic carboxylic acids is 1. The molecule has 0 aliphatic rings. The van der Waals surface area contributed by atoms with Crippen molar-refractivity contribution in [3.63, 3.8) is 0 Å². The molecule has 0 unspecified atom stereocenters. The van der Waals surface area contributed by atoms with E-state index in [0.717, 1.165) is 18.9 Å². The molecule has 0 saturated carbocycles. The van der Waals surface area contributed by atoms with Gasteiger partial charge in [0.1, 0.15) is 5.76 Å². The fourth-order valence-corrected chi connectivity index (χ4v) is 0.935. The van der Waals surface area contributed by atoms with E-state index in [0.29, 0.717) is 6.42 Å². The van der Waals surface area contributed by atoms with Crippen LogP contribution in [0.2, 0.25) is 0 Å². The first-order chi connectivity index (χ1) is 7.02. The first kappa shape index (κ1) is 13.4. The van der Waals surface area contributed by atoms with Gasteiger partial charge in [0.05, 0.1) is 5.57 Å². The Labute approximate surface area is 89.2 Å². The molecule has 0 rings (SSSR count). The fourth-order valence-electron chi connectivity index (χ4n) is 0.935. The third-order valence-corrected chi connectivity index (χ3v) is 1.89. The second-order valence-corrected chi connectivity index (χ2v) is 3.08. The minimum atomic E-state index is -1.07. The molecule has 0 aliphatic carbocycles. The fraction of sp³-hybridized carbons (Fsp3) is 0.455. The summed E-state index contributed by atoms with van der Waals surface area (Å²) in [5, 5.41) is 8.76. The Bertz CT molecular complexity index is 289. The smallest absolute Gasteiger partial charge is 0.335 e. The lowest BCUT2D eigenvalue weighted by molar-refractivity contribution is -0.135. The Morgan fingerprint density at radius 2 is 2.07 bits per heavy atom. The monoisotopic (exact) mass is 212 g/mol. The molecule has 0 spiro atoms. The van der Waals surface area contributed by atoms with Crippen LogP contribution >= 0.6 is 0 Å². The molecule has 0 aromatic heterocycles. The number of hydrogen-bond donors (Lipinski definition) is 1. The van der Waals surface area contributed by atoms with Crippen molar-refractivity contribution in [3.05, 3.63) is 24.0 Å².